The van der Waals surface area contributed by atoms with E-state index in [0.717, 1.165) is 0 Å². The van der Waals surface area contributed by atoms with Gasteiger partial charge in [-0.25, -0.2) is 9.59 Å². The first kappa shape index (κ1) is 32.1. The maximum atomic E-state index is 13.3. The van der Waals surface area contributed by atoms with Gasteiger partial charge in [0.05, 0.1) is 6.54 Å². The van der Waals surface area contributed by atoms with E-state index < -0.39 is 41.4 Å². The number of carbonyl (C=O) groups is 6. The van der Waals surface area contributed by atoms with Gasteiger partial charge >= 0.3 is 11.9 Å². The van der Waals surface area contributed by atoms with Crippen LogP contribution in [0.15, 0.2) is 60.7 Å². The van der Waals surface area contributed by atoms with E-state index in [1.807, 2.05) is 0 Å². The van der Waals surface area contributed by atoms with E-state index in [-0.39, 0.29) is 63.2 Å². The van der Waals surface area contributed by atoms with Gasteiger partial charge in [0.15, 0.2) is 6.61 Å². The molecule has 6 N–H and O–H groups in total. The number of rotatable bonds is 10. The Morgan fingerprint density at radius 1 is 0.795 bits per heavy atom. The van der Waals surface area contributed by atoms with Crippen LogP contribution in [-0.4, -0.2) is 88.9 Å². The molecule has 0 bridgehead atoms. The van der Waals surface area contributed by atoms with Gasteiger partial charge in [-0.3, -0.25) is 19.2 Å². The molecule has 0 radical (unpaired) electrons. The highest BCUT2D eigenvalue weighted by atomic mass is 16.5. The van der Waals surface area contributed by atoms with Crippen LogP contribution in [0.1, 0.15) is 59.2 Å². The summed E-state index contributed by atoms with van der Waals surface area (Å²) in [6.07, 6.45) is 0.821. The van der Waals surface area contributed by atoms with Crippen LogP contribution in [0.3, 0.4) is 0 Å². The van der Waals surface area contributed by atoms with Crippen molar-refractivity contribution in [1.82, 2.24) is 20.9 Å². The summed E-state index contributed by atoms with van der Waals surface area (Å²) < 4.78 is 5.30. The van der Waals surface area contributed by atoms with Crippen molar-refractivity contribution in [3.05, 3.63) is 71.8 Å². The van der Waals surface area contributed by atoms with Crippen LogP contribution in [-0.2, 0) is 23.9 Å². The summed E-state index contributed by atoms with van der Waals surface area (Å²) in [5, 5.41) is 18.0. The van der Waals surface area contributed by atoms with Crippen LogP contribution in [0.5, 0.6) is 0 Å². The van der Waals surface area contributed by atoms with Gasteiger partial charge in [-0.1, -0.05) is 36.4 Å². The number of likely N-dealkylation sites (tertiary alicyclic amines) is 1. The van der Waals surface area contributed by atoms with Gasteiger partial charge in [0.25, 0.3) is 17.7 Å². The lowest BCUT2D eigenvalue weighted by Gasteiger charge is -2.40. The van der Waals surface area contributed by atoms with Crippen LogP contribution < -0.4 is 21.7 Å². The number of hydrogen-bond donors (Lipinski definition) is 5. The molecule has 13 heteroatoms. The summed E-state index contributed by atoms with van der Waals surface area (Å²) in [6.45, 7) is -0.862. The first-order valence-electron chi connectivity index (χ1n) is 14.5. The average Bonchev–Trinajstić information content (AvgIpc) is 3.05. The number of piperidine rings is 1. The first-order valence-corrected chi connectivity index (χ1v) is 14.5. The summed E-state index contributed by atoms with van der Waals surface area (Å²) in [4.78, 5) is 77.5. The lowest BCUT2D eigenvalue weighted by atomic mass is 9.79. The van der Waals surface area contributed by atoms with Gasteiger partial charge in [-0.05, 0) is 62.8 Å². The quantitative estimate of drug-likeness (QED) is 0.240. The molecule has 1 saturated carbocycles. The Balaban J connectivity index is 1.33. The molecule has 2 aromatic rings. The highest BCUT2D eigenvalue weighted by molar-refractivity contribution is 5.96. The SMILES string of the molecule is NCC(=O)NC1(C(=O)OCC(=O)NC2(C(=O)O)CCC(NC(=O)c3ccccc3)CC2)CCN(C(=O)c2ccccc2)CC1. The lowest BCUT2D eigenvalue weighted by molar-refractivity contribution is -0.160. The fraction of sp³-hybridized carbons (Fsp3) is 0.419. The van der Waals surface area contributed by atoms with Crippen LogP contribution in [0, 0.1) is 0 Å². The number of aliphatic carboxylic acids is 1. The Bertz CT molecular complexity index is 1370. The maximum absolute atomic E-state index is 13.3. The first-order chi connectivity index (χ1) is 21.1. The van der Waals surface area contributed by atoms with Crippen molar-refractivity contribution in [1.29, 1.82) is 0 Å². The van der Waals surface area contributed by atoms with Crippen LogP contribution in [0.2, 0.25) is 0 Å². The number of amides is 4. The summed E-state index contributed by atoms with van der Waals surface area (Å²) >= 11 is 0. The number of ether oxygens (including phenoxy) is 1. The van der Waals surface area contributed by atoms with E-state index in [1.165, 1.54) is 0 Å². The number of nitrogens with one attached hydrogen (secondary N) is 3. The summed E-state index contributed by atoms with van der Waals surface area (Å²) in [5.41, 5.74) is 3.35. The molecular weight excluding hydrogens is 570 g/mol. The largest absolute Gasteiger partial charge is 0.480 e. The highest BCUT2D eigenvalue weighted by Crippen LogP contribution is 2.30. The molecule has 1 aliphatic carbocycles. The molecule has 0 unspecified atom stereocenters. The van der Waals surface area contributed by atoms with Crippen molar-refractivity contribution in [2.75, 3.05) is 26.2 Å². The summed E-state index contributed by atoms with van der Waals surface area (Å²) in [5.74, 6) is -4.00. The third-order valence-corrected chi connectivity index (χ3v) is 8.21. The predicted molar refractivity (Wildman–Crippen MR) is 157 cm³/mol. The molecule has 4 amide bonds. The molecule has 4 rings (SSSR count). The molecule has 1 aliphatic heterocycles. The second-order valence-corrected chi connectivity index (χ2v) is 11.1. The zero-order chi connectivity index (χ0) is 31.7. The molecule has 0 aromatic heterocycles. The zero-order valence-corrected chi connectivity index (χ0v) is 24.3. The minimum Gasteiger partial charge on any atom is -0.480 e. The Morgan fingerprint density at radius 2 is 1.34 bits per heavy atom. The third kappa shape index (κ3) is 7.59. The Hall–Kier alpha value is -4.78. The van der Waals surface area contributed by atoms with E-state index in [2.05, 4.69) is 16.0 Å². The fourth-order valence-corrected chi connectivity index (χ4v) is 5.63. The monoisotopic (exact) mass is 607 g/mol. The smallest absolute Gasteiger partial charge is 0.332 e. The van der Waals surface area contributed by atoms with Crippen LogP contribution in [0.4, 0.5) is 0 Å². The average molecular weight is 608 g/mol. The lowest BCUT2D eigenvalue weighted by Crippen LogP contribution is -2.62. The summed E-state index contributed by atoms with van der Waals surface area (Å²) in [6, 6.07) is 17.0. The zero-order valence-electron chi connectivity index (χ0n) is 24.3. The maximum Gasteiger partial charge on any atom is 0.332 e. The summed E-state index contributed by atoms with van der Waals surface area (Å²) in [7, 11) is 0. The Labute approximate surface area is 254 Å². The Kier molecular flexibility index (Phi) is 10.3. The van der Waals surface area contributed by atoms with Crippen molar-refractivity contribution < 1.29 is 38.6 Å². The van der Waals surface area contributed by atoms with Gasteiger partial charge in [0.2, 0.25) is 5.91 Å². The predicted octanol–water partition coefficient (Wildman–Crippen LogP) is 0.592. The van der Waals surface area contributed by atoms with E-state index in [0.29, 0.717) is 24.0 Å². The molecule has 44 heavy (non-hydrogen) atoms. The van der Waals surface area contributed by atoms with Crippen molar-refractivity contribution in [3.8, 4) is 0 Å². The molecule has 0 atom stereocenters. The molecule has 2 aliphatic rings. The van der Waals surface area contributed by atoms with Gasteiger partial charge in [0, 0.05) is 30.3 Å². The van der Waals surface area contributed by atoms with Crippen molar-refractivity contribution in [2.24, 2.45) is 5.73 Å². The van der Waals surface area contributed by atoms with Gasteiger partial charge in [0.1, 0.15) is 11.1 Å². The van der Waals surface area contributed by atoms with E-state index in [9.17, 15) is 33.9 Å². The van der Waals surface area contributed by atoms with Crippen molar-refractivity contribution in [2.45, 2.75) is 55.6 Å². The minimum atomic E-state index is -1.59. The molecule has 2 fully saturated rings. The molecular formula is C31H37N5O8. The normalized spacial score (nSPS) is 20.9. The molecule has 234 valence electrons. The number of benzene rings is 2. The number of carbonyl (C=O) groups excluding carboxylic acids is 5. The van der Waals surface area contributed by atoms with E-state index in [4.69, 9.17) is 10.5 Å². The molecule has 2 aromatic carbocycles. The third-order valence-electron chi connectivity index (χ3n) is 8.21. The van der Waals surface area contributed by atoms with Crippen molar-refractivity contribution >= 4 is 35.6 Å². The second-order valence-electron chi connectivity index (χ2n) is 11.1. The minimum absolute atomic E-state index is 0.0346. The second kappa shape index (κ2) is 14.1. The van der Waals surface area contributed by atoms with Crippen molar-refractivity contribution in [3.63, 3.8) is 0 Å². The highest BCUT2D eigenvalue weighted by Gasteiger charge is 2.46. The van der Waals surface area contributed by atoms with Gasteiger partial charge in [-0.15, -0.1) is 0 Å². The number of nitrogens with zero attached hydrogens (tertiary/aromatic N) is 1. The number of esters is 1. The Morgan fingerprint density at radius 3 is 1.89 bits per heavy atom. The van der Waals surface area contributed by atoms with Gasteiger partial charge in [-0.2, -0.15) is 0 Å². The van der Waals surface area contributed by atoms with E-state index in [1.54, 1.807) is 65.6 Å². The van der Waals surface area contributed by atoms with E-state index >= 15 is 0 Å². The molecule has 1 heterocycles. The molecule has 13 nitrogen and oxygen atoms in total. The number of nitrogens with two attached hydrogens (primary N) is 1. The number of carboxylic acids is 1. The standard InChI is InChI=1S/C31H37N5O8/c32-19-24(37)34-31(15-17-36(18-16-31)27(40)22-9-5-2-6-10-22)29(43)44-20-25(38)35-30(28(41)42)13-11-23(12-14-30)33-26(39)21-7-3-1-4-8-21/h1-10,23H,11-20,32H2,(H,33,39)(H,34,37)(H,35,38)(H,41,42). The van der Waals surface area contributed by atoms with Gasteiger partial charge < -0.3 is 36.4 Å². The topological polar surface area (TPSA) is 197 Å². The number of carboxylic acid groups (broad SMARTS) is 1. The molecule has 0 spiro atoms. The molecule has 1 saturated heterocycles. The number of hydrogen-bond acceptors (Lipinski definition) is 8. The van der Waals surface area contributed by atoms with Crippen LogP contribution in [0.25, 0.3) is 0 Å². The fourth-order valence-electron chi connectivity index (χ4n) is 5.63. The van der Waals surface area contributed by atoms with Crippen LogP contribution >= 0.6 is 0 Å².